The fourth-order valence-electron chi connectivity index (χ4n) is 2.22. The molecule has 0 unspecified atom stereocenters. The van der Waals surface area contributed by atoms with Gasteiger partial charge in [0, 0.05) is 34.9 Å². The molecule has 0 atom stereocenters. The summed E-state index contributed by atoms with van der Waals surface area (Å²) >= 11 is 5.97. The number of aromatic nitrogens is 2. The number of pyridine rings is 1. The van der Waals surface area contributed by atoms with Gasteiger partial charge >= 0.3 is 0 Å². The van der Waals surface area contributed by atoms with Crippen molar-refractivity contribution in [1.29, 1.82) is 0 Å². The Bertz CT molecular complexity index is 810. The van der Waals surface area contributed by atoms with E-state index < -0.39 is 0 Å². The van der Waals surface area contributed by atoms with Crippen molar-refractivity contribution in [2.75, 3.05) is 0 Å². The summed E-state index contributed by atoms with van der Waals surface area (Å²) < 4.78 is 0. The van der Waals surface area contributed by atoms with Gasteiger partial charge in [-0.15, -0.1) is 0 Å². The highest BCUT2D eigenvalue weighted by molar-refractivity contribution is 6.31. The molecule has 2 N–H and O–H groups in total. The second-order valence-corrected chi connectivity index (χ2v) is 5.27. The van der Waals surface area contributed by atoms with Crippen LogP contribution in [0, 0.1) is 6.92 Å². The van der Waals surface area contributed by atoms with Crippen molar-refractivity contribution in [2.45, 2.75) is 13.5 Å². The van der Waals surface area contributed by atoms with Gasteiger partial charge in [-0.3, -0.25) is 4.79 Å². The van der Waals surface area contributed by atoms with Crippen molar-refractivity contribution >= 4 is 28.5 Å². The first-order valence-corrected chi connectivity index (χ1v) is 6.98. The molecule has 0 radical (unpaired) electrons. The van der Waals surface area contributed by atoms with Crippen molar-refractivity contribution < 1.29 is 4.79 Å². The van der Waals surface area contributed by atoms with E-state index in [1.54, 1.807) is 24.4 Å². The maximum absolute atomic E-state index is 12.2. The van der Waals surface area contributed by atoms with Gasteiger partial charge in [-0.25, -0.2) is 4.98 Å². The molecule has 0 fully saturated rings. The minimum atomic E-state index is -0.118. The number of halogens is 1. The molecule has 0 aliphatic heterocycles. The molecule has 2 heterocycles. The Balaban J connectivity index is 1.75. The van der Waals surface area contributed by atoms with Crippen molar-refractivity contribution in [2.24, 2.45) is 0 Å². The first-order chi connectivity index (χ1) is 10.1. The molecule has 106 valence electrons. The second kappa shape index (κ2) is 5.58. The summed E-state index contributed by atoms with van der Waals surface area (Å²) in [4.78, 5) is 19.5. The van der Waals surface area contributed by atoms with Gasteiger partial charge in [0.2, 0.25) is 0 Å². The summed E-state index contributed by atoms with van der Waals surface area (Å²) in [6.45, 7) is 2.33. The minimum absolute atomic E-state index is 0.118. The van der Waals surface area contributed by atoms with Crippen LogP contribution in [-0.2, 0) is 6.54 Å². The molecule has 0 spiro atoms. The number of benzene rings is 1. The number of aryl methyl sites for hydroxylation is 1. The fourth-order valence-corrected chi connectivity index (χ4v) is 2.34. The number of nitrogens with one attached hydrogen (secondary N) is 2. The van der Waals surface area contributed by atoms with Crippen molar-refractivity contribution in [3.8, 4) is 0 Å². The van der Waals surface area contributed by atoms with Crippen LogP contribution in [0.25, 0.3) is 11.0 Å². The van der Waals surface area contributed by atoms with E-state index in [1.807, 2.05) is 25.3 Å². The Labute approximate surface area is 127 Å². The third-order valence-electron chi connectivity index (χ3n) is 3.40. The van der Waals surface area contributed by atoms with Crippen molar-refractivity contribution in [3.63, 3.8) is 0 Å². The summed E-state index contributed by atoms with van der Waals surface area (Å²) in [6.07, 6.45) is 3.60. The molecule has 3 rings (SSSR count). The average Bonchev–Trinajstić information content (AvgIpc) is 2.91. The monoisotopic (exact) mass is 299 g/mol. The van der Waals surface area contributed by atoms with Crippen LogP contribution < -0.4 is 5.32 Å². The molecule has 0 saturated carbocycles. The van der Waals surface area contributed by atoms with Gasteiger partial charge < -0.3 is 10.3 Å². The van der Waals surface area contributed by atoms with Gasteiger partial charge in [0.1, 0.15) is 5.65 Å². The topological polar surface area (TPSA) is 57.8 Å². The minimum Gasteiger partial charge on any atom is -0.348 e. The van der Waals surface area contributed by atoms with Crippen molar-refractivity contribution in [1.82, 2.24) is 15.3 Å². The van der Waals surface area contributed by atoms with E-state index in [1.165, 1.54) is 0 Å². The summed E-state index contributed by atoms with van der Waals surface area (Å²) in [5.41, 5.74) is 3.33. The quantitative estimate of drug-likeness (QED) is 0.778. The number of carbonyl (C=O) groups excluding carboxylic acids is 1. The molecule has 0 aliphatic rings. The molecular formula is C16H14ClN3O. The fraction of sp³-hybridized carbons (Fsp3) is 0.125. The zero-order valence-electron chi connectivity index (χ0n) is 11.5. The number of amides is 1. The largest absolute Gasteiger partial charge is 0.348 e. The predicted molar refractivity (Wildman–Crippen MR) is 83.5 cm³/mol. The number of H-pyrrole nitrogens is 1. The highest BCUT2D eigenvalue weighted by Gasteiger charge is 2.09. The Morgan fingerprint density at radius 1 is 1.38 bits per heavy atom. The lowest BCUT2D eigenvalue weighted by Crippen LogP contribution is -2.22. The van der Waals surface area contributed by atoms with Gasteiger partial charge in [0.15, 0.2) is 0 Å². The zero-order chi connectivity index (χ0) is 14.8. The third-order valence-corrected chi connectivity index (χ3v) is 3.82. The molecule has 1 amide bonds. The molecule has 0 bridgehead atoms. The molecule has 4 nitrogen and oxygen atoms in total. The van der Waals surface area contributed by atoms with Crippen LogP contribution >= 0.6 is 11.6 Å². The van der Waals surface area contributed by atoms with Crippen molar-refractivity contribution in [3.05, 3.63) is 64.4 Å². The zero-order valence-corrected chi connectivity index (χ0v) is 12.2. The van der Waals surface area contributed by atoms with Gasteiger partial charge in [0.05, 0.1) is 0 Å². The third kappa shape index (κ3) is 2.76. The summed E-state index contributed by atoms with van der Waals surface area (Å²) in [5.74, 6) is -0.118. The Morgan fingerprint density at radius 2 is 2.24 bits per heavy atom. The lowest BCUT2D eigenvalue weighted by Gasteiger charge is -2.06. The molecule has 21 heavy (non-hydrogen) atoms. The smallest absolute Gasteiger partial charge is 0.251 e. The van der Waals surface area contributed by atoms with E-state index in [0.29, 0.717) is 17.1 Å². The predicted octanol–water partition coefficient (Wildman–Crippen LogP) is 3.45. The number of hydrogen-bond acceptors (Lipinski definition) is 2. The van der Waals surface area contributed by atoms with Crippen LogP contribution in [0.3, 0.4) is 0 Å². The van der Waals surface area contributed by atoms with Gasteiger partial charge in [-0.2, -0.15) is 0 Å². The van der Waals surface area contributed by atoms with Crippen LogP contribution in [0.4, 0.5) is 0 Å². The lowest BCUT2D eigenvalue weighted by molar-refractivity contribution is 0.0951. The van der Waals surface area contributed by atoms with Gasteiger partial charge in [-0.05, 0) is 48.4 Å². The number of carbonyl (C=O) groups is 1. The number of fused-ring (bicyclic) bond motifs is 1. The number of aromatic amines is 1. The number of hydrogen-bond donors (Lipinski definition) is 2. The Kier molecular flexibility index (Phi) is 3.62. The first-order valence-electron chi connectivity index (χ1n) is 6.60. The second-order valence-electron chi connectivity index (χ2n) is 4.86. The maximum Gasteiger partial charge on any atom is 0.251 e. The Morgan fingerprint density at radius 3 is 3.05 bits per heavy atom. The number of nitrogens with zero attached hydrogens (tertiary/aromatic N) is 1. The summed E-state index contributed by atoms with van der Waals surface area (Å²) in [7, 11) is 0. The van der Waals surface area contributed by atoms with E-state index in [0.717, 1.165) is 22.2 Å². The first kappa shape index (κ1) is 13.6. The van der Waals surface area contributed by atoms with E-state index in [2.05, 4.69) is 15.3 Å². The van der Waals surface area contributed by atoms with Gasteiger partial charge in [-0.1, -0.05) is 11.6 Å². The average molecular weight is 300 g/mol. The standard InChI is InChI=1S/C16H14ClN3O/c1-10-7-11(4-5-14(10)17)16(21)20-9-12-8-19-15-13(12)3-2-6-18-15/h2-8H,9H2,1H3,(H,18,19)(H,20,21). The SMILES string of the molecule is Cc1cc(C(=O)NCc2c[nH]c3ncccc23)ccc1Cl. The van der Waals surface area contributed by atoms with Crippen LogP contribution in [0.2, 0.25) is 5.02 Å². The highest BCUT2D eigenvalue weighted by atomic mass is 35.5. The van der Waals surface area contributed by atoms with Crippen LogP contribution in [0.5, 0.6) is 0 Å². The van der Waals surface area contributed by atoms with Gasteiger partial charge in [0.25, 0.3) is 5.91 Å². The lowest BCUT2D eigenvalue weighted by atomic mass is 10.1. The summed E-state index contributed by atoms with van der Waals surface area (Å²) in [5, 5.41) is 4.59. The highest BCUT2D eigenvalue weighted by Crippen LogP contribution is 2.17. The molecule has 0 aliphatic carbocycles. The number of rotatable bonds is 3. The maximum atomic E-state index is 12.2. The van der Waals surface area contributed by atoms with Crippen LogP contribution in [0.15, 0.2) is 42.7 Å². The molecule has 1 aromatic carbocycles. The van der Waals surface area contributed by atoms with E-state index >= 15 is 0 Å². The normalized spacial score (nSPS) is 10.8. The molecule has 5 heteroatoms. The van der Waals surface area contributed by atoms with E-state index in [4.69, 9.17) is 11.6 Å². The Hall–Kier alpha value is -2.33. The summed E-state index contributed by atoms with van der Waals surface area (Å²) in [6, 6.07) is 9.11. The van der Waals surface area contributed by atoms with E-state index in [-0.39, 0.29) is 5.91 Å². The van der Waals surface area contributed by atoms with E-state index in [9.17, 15) is 4.79 Å². The molecule has 0 saturated heterocycles. The molecule has 3 aromatic rings. The molecule has 2 aromatic heterocycles. The van der Waals surface area contributed by atoms with Crippen LogP contribution in [0.1, 0.15) is 21.5 Å². The van der Waals surface area contributed by atoms with Crippen LogP contribution in [-0.4, -0.2) is 15.9 Å². The molecular weight excluding hydrogens is 286 g/mol.